The molecule has 3 rings (SSSR count). The molecular weight excluding hydrogens is 351 g/mol. The molecule has 0 aliphatic carbocycles. The van der Waals surface area contributed by atoms with Crippen molar-refractivity contribution in [3.05, 3.63) is 30.1 Å². The number of amidine groups is 1. The lowest BCUT2D eigenvalue weighted by atomic mass is 10.1. The molecule has 2 heterocycles. The van der Waals surface area contributed by atoms with E-state index in [-0.39, 0.29) is 40.3 Å². The number of thioether (sulfide) groups is 1. The summed E-state index contributed by atoms with van der Waals surface area (Å²) in [5.74, 6) is -0.944. The summed E-state index contributed by atoms with van der Waals surface area (Å²) in [5, 5.41) is 0.174. The van der Waals surface area contributed by atoms with Crippen molar-refractivity contribution in [1.29, 1.82) is 0 Å². The molecule has 0 radical (unpaired) electrons. The molecular formula is C16H19FN2O3S2. The number of fused-ring (bicyclic) bond motifs is 1. The van der Waals surface area contributed by atoms with Gasteiger partial charge in [0.25, 0.3) is 5.91 Å². The van der Waals surface area contributed by atoms with Gasteiger partial charge < -0.3 is 4.90 Å². The van der Waals surface area contributed by atoms with Crippen molar-refractivity contribution >= 4 is 38.4 Å². The number of aliphatic imine (C=N–C) groups is 1. The molecule has 2 fully saturated rings. The van der Waals surface area contributed by atoms with Crippen molar-refractivity contribution in [3.63, 3.8) is 0 Å². The van der Waals surface area contributed by atoms with Crippen LogP contribution in [0.15, 0.2) is 29.3 Å². The van der Waals surface area contributed by atoms with E-state index >= 15 is 0 Å². The zero-order valence-corrected chi connectivity index (χ0v) is 15.1. The van der Waals surface area contributed by atoms with Gasteiger partial charge in [-0.15, -0.1) is 0 Å². The van der Waals surface area contributed by atoms with E-state index in [2.05, 4.69) is 4.99 Å². The van der Waals surface area contributed by atoms with Crippen LogP contribution in [-0.4, -0.2) is 42.3 Å². The smallest absolute Gasteiger partial charge is 0.250 e. The van der Waals surface area contributed by atoms with Crippen LogP contribution in [0, 0.1) is 11.7 Å². The zero-order chi connectivity index (χ0) is 17.5. The van der Waals surface area contributed by atoms with Crippen molar-refractivity contribution in [2.75, 3.05) is 16.4 Å². The summed E-state index contributed by atoms with van der Waals surface area (Å²) in [7, 11) is -3.16. The second kappa shape index (κ2) is 6.48. The van der Waals surface area contributed by atoms with Gasteiger partial charge >= 0.3 is 0 Å². The van der Waals surface area contributed by atoms with E-state index in [9.17, 15) is 17.6 Å². The van der Waals surface area contributed by atoms with Crippen LogP contribution >= 0.6 is 11.8 Å². The minimum Gasteiger partial charge on any atom is -0.313 e. The first-order valence-corrected chi connectivity index (χ1v) is 10.6. The molecule has 3 atom stereocenters. The van der Waals surface area contributed by atoms with E-state index < -0.39 is 15.7 Å². The summed E-state index contributed by atoms with van der Waals surface area (Å²) in [4.78, 5) is 18.0. The van der Waals surface area contributed by atoms with Crippen LogP contribution in [0.4, 0.5) is 10.1 Å². The molecule has 1 aromatic rings. The molecule has 0 N–H and O–H groups in total. The van der Waals surface area contributed by atoms with Gasteiger partial charge in [0.05, 0.1) is 23.2 Å². The Kier molecular flexibility index (Phi) is 4.70. The minimum atomic E-state index is -3.16. The number of nitrogens with zero attached hydrogens (tertiary/aromatic N) is 2. The van der Waals surface area contributed by atoms with Gasteiger partial charge in [0.1, 0.15) is 5.82 Å². The number of sulfone groups is 1. The SMILES string of the molecule is CC[C@@H](C)C(=O)N=C1S[C@H]2CS(=O)(=O)C[C@@H]2N1c1ccccc1F. The number of anilines is 1. The maximum Gasteiger partial charge on any atom is 0.250 e. The number of rotatable bonds is 3. The van der Waals surface area contributed by atoms with Gasteiger partial charge in [0.2, 0.25) is 0 Å². The lowest BCUT2D eigenvalue weighted by Gasteiger charge is -2.25. The van der Waals surface area contributed by atoms with Crippen LogP contribution < -0.4 is 4.90 Å². The molecule has 2 saturated heterocycles. The standard InChI is InChI=1S/C16H19FN2O3S2/c1-3-10(2)15(20)18-16-19(12-7-5-4-6-11(12)17)13-8-24(21,22)9-14(13)23-16/h4-7,10,13-14H,3,8-9H2,1-2H3/t10-,13+,14+/m1/s1. The summed E-state index contributed by atoms with van der Waals surface area (Å²) in [6.07, 6.45) is 0.668. The maximum absolute atomic E-state index is 14.3. The third-order valence-corrected chi connectivity index (χ3v) is 7.63. The summed E-state index contributed by atoms with van der Waals surface area (Å²) in [6.45, 7) is 3.70. The quantitative estimate of drug-likeness (QED) is 0.818. The predicted octanol–water partition coefficient (Wildman–Crippen LogP) is 2.47. The van der Waals surface area contributed by atoms with Gasteiger partial charge in [-0.25, -0.2) is 12.8 Å². The van der Waals surface area contributed by atoms with E-state index in [0.717, 1.165) is 0 Å². The number of halogens is 1. The Morgan fingerprint density at radius 1 is 1.42 bits per heavy atom. The van der Waals surface area contributed by atoms with Gasteiger partial charge in [-0.1, -0.05) is 37.7 Å². The van der Waals surface area contributed by atoms with Gasteiger partial charge in [-0.3, -0.25) is 4.79 Å². The van der Waals surface area contributed by atoms with Crippen LogP contribution in [0.25, 0.3) is 0 Å². The molecule has 0 bridgehead atoms. The Balaban J connectivity index is 2.02. The Hall–Kier alpha value is -1.41. The monoisotopic (exact) mass is 370 g/mol. The number of carbonyl (C=O) groups is 1. The number of hydrogen-bond donors (Lipinski definition) is 0. The maximum atomic E-state index is 14.3. The highest BCUT2D eigenvalue weighted by Gasteiger charge is 2.50. The first-order valence-electron chi connectivity index (χ1n) is 7.85. The second-order valence-electron chi connectivity index (χ2n) is 6.16. The van der Waals surface area contributed by atoms with Crippen LogP contribution in [-0.2, 0) is 14.6 Å². The van der Waals surface area contributed by atoms with Crippen LogP contribution in [0.2, 0.25) is 0 Å². The molecule has 0 unspecified atom stereocenters. The van der Waals surface area contributed by atoms with Crippen molar-refractivity contribution in [1.82, 2.24) is 0 Å². The Morgan fingerprint density at radius 3 is 2.79 bits per heavy atom. The van der Waals surface area contributed by atoms with E-state index in [1.165, 1.54) is 17.8 Å². The molecule has 2 aliphatic heterocycles. The highest BCUT2D eigenvalue weighted by molar-refractivity contribution is 8.16. The van der Waals surface area contributed by atoms with Gasteiger partial charge in [-0.2, -0.15) is 4.99 Å². The van der Waals surface area contributed by atoms with Crippen molar-refractivity contribution in [2.45, 2.75) is 31.6 Å². The minimum absolute atomic E-state index is 0.0316. The number of carbonyl (C=O) groups excluding carboxylic acids is 1. The molecule has 0 saturated carbocycles. The molecule has 2 aliphatic rings. The van der Waals surface area contributed by atoms with Crippen molar-refractivity contribution in [2.24, 2.45) is 10.9 Å². The first-order chi connectivity index (χ1) is 11.3. The molecule has 1 aromatic carbocycles. The second-order valence-corrected chi connectivity index (χ2v) is 9.52. The fraction of sp³-hybridized carbons (Fsp3) is 0.500. The van der Waals surface area contributed by atoms with E-state index in [4.69, 9.17) is 0 Å². The van der Waals surface area contributed by atoms with Gasteiger partial charge in [0, 0.05) is 11.2 Å². The fourth-order valence-corrected chi connectivity index (χ4v) is 6.78. The summed E-state index contributed by atoms with van der Waals surface area (Å²) in [6, 6.07) is 5.79. The first kappa shape index (κ1) is 17.4. The van der Waals surface area contributed by atoms with Crippen LogP contribution in [0.3, 0.4) is 0 Å². The third-order valence-electron chi connectivity index (χ3n) is 4.42. The molecule has 0 spiro atoms. The highest BCUT2D eigenvalue weighted by atomic mass is 32.2. The summed E-state index contributed by atoms with van der Waals surface area (Å²) >= 11 is 1.26. The van der Waals surface area contributed by atoms with Crippen LogP contribution in [0.5, 0.6) is 0 Å². The summed E-state index contributed by atoms with van der Waals surface area (Å²) in [5.41, 5.74) is 0.269. The van der Waals surface area contributed by atoms with Crippen LogP contribution in [0.1, 0.15) is 20.3 Å². The van der Waals surface area contributed by atoms with E-state index in [1.807, 2.05) is 6.92 Å². The Bertz CT molecular complexity index is 794. The Labute approximate surface area is 145 Å². The highest BCUT2D eigenvalue weighted by Crippen LogP contribution is 2.41. The predicted molar refractivity (Wildman–Crippen MR) is 94.6 cm³/mol. The van der Waals surface area contributed by atoms with E-state index in [1.54, 1.807) is 30.0 Å². The molecule has 0 aromatic heterocycles. The number of para-hydroxylation sites is 1. The fourth-order valence-electron chi connectivity index (χ4n) is 2.87. The molecule has 8 heteroatoms. The lowest BCUT2D eigenvalue weighted by Crippen LogP contribution is -2.38. The number of benzene rings is 1. The van der Waals surface area contributed by atoms with Gasteiger partial charge in [-0.05, 0) is 18.6 Å². The van der Waals surface area contributed by atoms with Crippen molar-refractivity contribution < 1.29 is 17.6 Å². The topological polar surface area (TPSA) is 66.8 Å². The molecule has 130 valence electrons. The van der Waals surface area contributed by atoms with Crippen molar-refractivity contribution in [3.8, 4) is 0 Å². The molecule has 5 nitrogen and oxygen atoms in total. The largest absolute Gasteiger partial charge is 0.313 e. The normalized spacial score (nSPS) is 28.1. The van der Waals surface area contributed by atoms with E-state index in [0.29, 0.717) is 11.6 Å². The Morgan fingerprint density at radius 2 is 2.12 bits per heavy atom. The lowest BCUT2D eigenvalue weighted by molar-refractivity contribution is -0.121. The molecule has 1 amide bonds. The molecule has 24 heavy (non-hydrogen) atoms. The third kappa shape index (κ3) is 3.21. The summed E-state index contributed by atoms with van der Waals surface area (Å²) < 4.78 is 38.2. The number of amides is 1. The average Bonchev–Trinajstić information content (AvgIpc) is 2.98. The van der Waals surface area contributed by atoms with Gasteiger partial charge in [0.15, 0.2) is 15.0 Å². The zero-order valence-electron chi connectivity index (χ0n) is 13.5. The number of hydrogen-bond acceptors (Lipinski definition) is 4. The average molecular weight is 370 g/mol.